The number of amides is 1. The number of hydrogen-bond acceptors (Lipinski definition) is 2. The summed E-state index contributed by atoms with van der Waals surface area (Å²) in [5, 5.41) is 2.93. The predicted molar refractivity (Wildman–Crippen MR) is 62.3 cm³/mol. The minimum Gasteiger partial charge on any atom is -0.355 e. The fourth-order valence-corrected chi connectivity index (χ4v) is 1.52. The molecule has 1 fully saturated rings. The molecule has 0 bridgehead atoms. The van der Waals surface area contributed by atoms with Crippen molar-refractivity contribution < 1.29 is 4.79 Å². The lowest BCUT2D eigenvalue weighted by Crippen LogP contribution is -2.39. The maximum absolute atomic E-state index is 11.5. The van der Waals surface area contributed by atoms with Crippen molar-refractivity contribution in [2.75, 3.05) is 6.54 Å². The van der Waals surface area contributed by atoms with Crippen LogP contribution in [0.15, 0.2) is 0 Å². The van der Waals surface area contributed by atoms with Crippen molar-refractivity contribution in [2.45, 2.75) is 46.1 Å². The first-order chi connectivity index (χ1) is 7.00. The molecular weight excluding hydrogens is 188 g/mol. The van der Waals surface area contributed by atoms with Gasteiger partial charge in [-0.3, -0.25) is 4.79 Å². The Hall–Kier alpha value is -0.570. The molecule has 0 spiro atoms. The minimum absolute atomic E-state index is 0.146. The van der Waals surface area contributed by atoms with E-state index in [9.17, 15) is 4.79 Å². The summed E-state index contributed by atoms with van der Waals surface area (Å²) >= 11 is 0. The number of nitrogens with one attached hydrogen (secondary N) is 1. The quantitative estimate of drug-likeness (QED) is 0.701. The zero-order chi connectivity index (χ0) is 11.4. The Morgan fingerprint density at radius 3 is 2.47 bits per heavy atom. The number of hydrogen-bond donors (Lipinski definition) is 2. The van der Waals surface area contributed by atoms with Crippen LogP contribution < -0.4 is 11.1 Å². The first kappa shape index (κ1) is 12.5. The molecule has 2 atom stereocenters. The summed E-state index contributed by atoms with van der Waals surface area (Å²) in [6, 6.07) is 0.170. The highest BCUT2D eigenvalue weighted by molar-refractivity contribution is 5.76. The highest BCUT2D eigenvalue weighted by atomic mass is 16.1. The van der Waals surface area contributed by atoms with Gasteiger partial charge in [0, 0.05) is 19.0 Å². The lowest BCUT2D eigenvalue weighted by molar-refractivity contribution is -0.122. The van der Waals surface area contributed by atoms with Crippen LogP contribution in [-0.4, -0.2) is 18.5 Å². The van der Waals surface area contributed by atoms with Gasteiger partial charge in [0.05, 0.1) is 0 Å². The van der Waals surface area contributed by atoms with Gasteiger partial charge in [0.15, 0.2) is 0 Å². The fourth-order valence-electron chi connectivity index (χ4n) is 1.52. The molecule has 0 radical (unpaired) electrons. The maximum Gasteiger partial charge on any atom is 0.220 e. The van der Waals surface area contributed by atoms with E-state index in [0.29, 0.717) is 30.7 Å². The highest BCUT2D eigenvalue weighted by Crippen LogP contribution is 2.31. The SMILES string of the molecule is CC(C)C(C)CC(=O)NCC(N)C1CC1. The Labute approximate surface area is 92.8 Å². The van der Waals surface area contributed by atoms with Crippen LogP contribution in [-0.2, 0) is 4.79 Å². The second kappa shape index (κ2) is 5.50. The van der Waals surface area contributed by atoms with E-state index in [0.717, 1.165) is 0 Å². The normalized spacial score (nSPS) is 20.1. The Balaban J connectivity index is 2.12. The average Bonchev–Trinajstić information content (AvgIpc) is 2.96. The van der Waals surface area contributed by atoms with E-state index in [1.807, 2.05) is 0 Å². The van der Waals surface area contributed by atoms with E-state index >= 15 is 0 Å². The van der Waals surface area contributed by atoms with Gasteiger partial charge < -0.3 is 11.1 Å². The molecule has 0 aromatic rings. The average molecular weight is 212 g/mol. The van der Waals surface area contributed by atoms with Gasteiger partial charge in [-0.15, -0.1) is 0 Å². The van der Waals surface area contributed by atoms with Crippen molar-refractivity contribution >= 4 is 5.91 Å². The molecule has 3 N–H and O–H groups in total. The summed E-state index contributed by atoms with van der Waals surface area (Å²) in [4.78, 5) is 11.5. The van der Waals surface area contributed by atoms with Gasteiger partial charge in [-0.05, 0) is 30.6 Å². The third-order valence-corrected chi connectivity index (χ3v) is 3.41. The van der Waals surface area contributed by atoms with Gasteiger partial charge in [0.1, 0.15) is 0 Å². The van der Waals surface area contributed by atoms with E-state index < -0.39 is 0 Å². The van der Waals surface area contributed by atoms with Gasteiger partial charge in [0.2, 0.25) is 5.91 Å². The molecule has 1 saturated carbocycles. The third-order valence-electron chi connectivity index (χ3n) is 3.41. The molecule has 1 rings (SSSR count). The van der Waals surface area contributed by atoms with E-state index in [4.69, 9.17) is 5.73 Å². The second-order valence-electron chi connectivity index (χ2n) is 5.23. The highest BCUT2D eigenvalue weighted by Gasteiger charge is 2.28. The van der Waals surface area contributed by atoms with Crippen LogP contribution in [0, 0.1) is 17.8 Å². The molecular formula is C12H24N2O. The van der Waals surface area contributed by atoms with Crippen molar-refractivity contribution in [2.24, 2.45) is 23.5 Å². The molecule has 3 heteroatoms. The van der Waals surface area contributed by atoms with Crippen LogP contribution in [0.3, 0.4) is 0 Å². The fraction of sp³-hybridized carbons (Fsp3) is 0.917. The molecule has 2 unspecified atom stereocenters. The molecule has 0 aromatic carbocycles. The number of carbonyl (C=O) groups excluding carboxylic acids is 1. The van der Waals surface area contributed by atoms with Gasteiger partial charge in [-0.1, -0.05) is 20.8 Å². The predicted octanol–water partition coefficient (Wildman–Crippen LogP) is 1.52. The van der Waals surface area contributed by atoms with Crippen molar-refractivity contribution in [3.63, 3.8) is 0 Å². The van der Waals surface area contributed by atoms with E-state index in [2.05, 4.69) is 26.1 Å². The lowest BCUT2D eigenvalue weighted by Gasteiger charge is -2.16. The van der Waals surface area contributed by atoms with E-state index in [1.54, 1.807) is 0 Å². The maximum atomic E-state index is 11.5. The number of carbonyl (C=O) groups is 1. The van der Waals surface area contributed by atoms with E-state index in [1.165, 1.54) is 12.8 Å². The lowest BCUT2D eigenvalue weighted by atomic mass is 9.94. The van der Waals surface area contributed by atoms with Gasteiger partial charge in [0.25, 0.3) is 0 Å². The second-order valence-corrected chi connectivity index (χ2v) is 5.23. The Morgan fingerprint density at radius 2 is 2.00 bits per heavy atom. The molecule has 0 saturated heterocycles. The van der Waals surface area contributed by atoms with Crippen molar-refractivity contribution in [1.82, 2.24) is 5.32 Å². The molecule has 1 amide bonds. The van der Waals surface area contributed by atoms with Crippen molar-refractivity contribution in [1.29, 1.82) is 0 Å². The summed E-state index contributed by atoms with van der Waals surface area (Å²) in [5.41, 5.74) is 5.90. The monoisotopic (exact) mass is 212 g/mol. The standard InChI is InChI=1S/C12H24N2O/c1-8(2)9(3)6-12(15)14-7-11(13)10-4-5-10/h8-11H,4-7,13H2,1-3H3,(H,14,15). The number of nitrogens with two attached hydrogens (primary N) is 1. The summed E-state index contributed by atoms with van der Waals surface area (Å²) < 4.78 is 0. The molecule has 1 aliphatic rings. The Bertz CT molecular complexity index is 212. The smallest absolute Gasteiger partial charge is 0.220 e. The van der Waals surface area contributed by atoms with Gasteiger partial charge in [-0.25, -0.2) is 0 Å². The van der Waals surface area contributed by atoms with Crippen LogP contribution in [0.4, 0.5) is 0 Å². The summed E-state index contributed by atoms with van der Waals surface area (Å²) in [5.74, 6) is 1.81. The molecule has 15 heavy (non-hydrogen) atoms. The largest absolute Gasteiger partial charge is 0.355 e. The zero-order valence-corrected chi connectivity index (χ0v) is 10.1. The Kier molecular flexibility index (Phi) is 4.58. The van der Waals surface area contributed by atoms with Crippen LogP contribution in [0.2, 0.25) is 0 Å². The molecule has 1 aliphatic carbocycles. The molecule has 3 nitrogen and oxygen atoms in total. The molecule has 0 heterocycles. The summed E-state index contributed by atoms with van der Waals surface area (Å²) in [6.45, 7) is 7.06. The minimum atomic E-state index is 0.146. The van der Waals surface area contributed by atoms with Crippen LogP contribution in [0.25, 0.3) is 0 Å². The Morgan fingerprint density at radius 1 is 1.40 bits per heavy atom. The van der Waals surface area contributed by atoms with Crippen molar-refractivity contribution in [3.8, 4) is 0 Å². The van der Waals surface area contributed by atoms with Crippen molar-refractivity contribution in [3.05, 3.63) is 0 Å². The first-order valence-electron chi connectivity index (χ1n) is 6.03. The van der Waals surface area contributed by atoms with Gasteiger partial charge >= 0.3 is 0 Å². The topological polar surface area (TPSA) is 55.1 Å². The first-order valence-corrected chi connectivity index (χ1v) is 6.03. The molecule has 0 aliphatic heterocycles. The summed E-state index contributed by atoms with van der Waals surface area (Å²) in [6.07, 6.45) is 3.09. The van der Waals surface area contributed by atoms with Crippen LogP contribution in [0.1, 0.15) is 40.0 Å². The van der Waals surface area contributed by atoms with Gasteiger partial charge in [-0.2, -0.15) is 0 Å². The number of rotatable bonds is 6. The van der Waals surface area contributed by atoms with E-state index in [-0.39, 0.29) is 11.9 Å². The zero-order valence-electron chi connectivity index (χ0n) is 10.1. The van der Waals surface area contributed by atoms with Crippen LogP contribution >= 0.6 is 0 Å². The molecule has 88 valence electrons. The summed E-state index contributed by atoms with van der Waals surface area (Å²) in [7, 11) is 0. The third kappa shape index (κ3) is 4.65. The van der Waals surface area contributed by atoms with Crippen LogP contribution in [0.5, 0.6) is 0 Å². The molecule has 0 aromatic heterocycles.